The minimum atomic E-state index is -4.95. The molecule has 0 saturated heterocycles. The third kappa shape index (κ3) is 4.46. The number of hydrogen-bond donors (Lipinski definition) is 2. The molecular weight excluding hydrogens is 497 g/mol. The number of halogens is 4. The van der Waals surface area contributed by atoms with Gasteiger partial charge in [-0.2, -0.15) is 0 Å². The maximum atomic E-state index is 13.4. The lowest BCUT2D eigenvalue weighted by Crippen LogP contribution is -2.37. The fraction of sp³-hybridized carbons (Fsp3) is 0.0400. The predicted molar refractivity (Wildman–Crippen MR) is 129 cm³/mol. The minimum Gasteiger partial charge on any atom is -0.405 e. The van der Waals surface area contributed by atoms with Gasteiger partial charge >= 0.3 is 6.36 Å². The van der Waals surface area contributed by atoms with Crippen molar-refractivity contribution in [1.29, 1.82) is 0 Å². The number of nitrogens with zero attached hydrogens (tertiary/aromatic N) is 2. The highest BCUT2D eigenvalue weighted by atomic mass is 35.5. The van der Waals surface area contributed by atoms with E-state index in [4.69, 9.17) is 11.6 Å². The molecule has 36 heavy (non-hydrogen) atoms. The first-order valence-corrected chi connectivity index (χ1v) is 10.9. The number of anilines is 3. The van der Waals surface area contributed by atoms with Gasteiger partial charge in [0.25, 0.3) is 11.8 Å². The summed E-state index contributed by atoms with van der Waals surface area (Å²) in [5.41, 5.74) is 5.30. The largest absolute Gasteiger partial charge is 0.573 e. The van der Waals surface area contributed by atoms with Gasteiger partial charge in [-0.1, -0.05) is 35.9 Å². The molecule has 2 aliphatic heterocycles. The van der Waals surface area contributed by atoms with E-state index in [2.05, 4.69) is 15.5 Å². The van der Waals surface area contributed by atoms with Crippen LogP contribution in [0.4, 0.5) is 30.2 Å². The summed E-state index contributed by atoms with van der Waals surface area (Å²) in [6.07, 6.45) is 0.284. The summed E-state index contributed by atoms with van der Waals surface area (Å²) < 4.78 is 42.0. The van der Waals surface area contributed by atoms with Crippen LogP contribution in [0.1, 0.15) is 20.7 Å². The monoisotopic (exact) mass is 512 g/mol. The van der Waals surface area contributed by atoms with Gasteiger partial charge in [0.15, 0.2) is 0 Å². The van der Waals surface area contributed by atoms with E-state index in [0.717, 1.165) is 17.5 Å². The molecule has 11 heteroatoms. The molecule has 2 heterocycles. The second kappa shape index (κ2) is 8.97. The molecule has 0 fully saturated rings. The molecule has 0 spiro atoms. The summed E-state index contributed by atoms with van der Waals surface area (Å²) in [7, 11) is 0. The fourth-order valence-corrected chi connectivity index (χ4v) is 4.11. The van der Waals surface area contributed by atoms with Gasteiger partial charge in [0, 0.05) is 18.1 Å². The van der Waals surface area contributed by atoms with Gasteiger partial charge in [0.2, 0.25) is 0 Å². The van der Waals surface area contributed by atoms with Gasteiger partial charge in [0.05, 0.1) is 33.2 Å². The van der Waals surface area contributed by atoms with Crippen LogP contribution in [-0.2, 0) is 0 Å². The Bertz CT molecular complexity index is 1440. The lowest BCUT2D eigenvalue weighted by Gasteiger charge is -2.33. The molecule has 182 valence electrons. The van der Waals surface area contributed by atoms with Crippen molar-refractivity contribution in [2.45, 2.75) is 6.36 Å². The maximum absolute atomic E-state index is 13.4. The molecule has 3 aromatic rings. The number of alkyl halides is 3. The summed E-state index contributed by atoms with van der Waals surface area (Å²) in [5, 5.41) is 4.37. The molecule has 7 nitrogen and oxygen atoms in total. The van der Waals surface area contributed by atoms with Gasteiger partial charge in [-0.25, -0.2) is 0 Å². The maximum Gasteiger partial charge on any atom is 0.573 e. The van der Waals surface area contributed by atoms with Crippen LogP contribution >= 0.6 is 11.6 Å². The molecule has 0 aliphatic carbocycles. The van der Waals surface area contributed by atoms with Crippen molar-refractivity contribution in [1.82, 2.24) is 5.43 Å². The number of rotatable bonds is 4. The number of hydrogen-bond acceptors (Lipinski definition) is 5. The summed E-state index contributed by atoms with van der Waals surface area (Å²) in [6.45, 7) is 0. The van der Waals surface area contributed by atoms with Crippen LogP contribution in [0.5, 0.6) is 5.75 Å². The highest BCUT2D eigenvalue weighted by molar-refractivity contribution is 6.35. The van der Waals surface area contributed by atoms with Crippen LogP contribution in [0.3, 0.4) is 0 Å². The van der Waals surface area contributed by atoms with Crippen molar-refractivity contribution in [2.24, 2.45) is 0 Å². The number of benzene rings is 3. The van der Waals surface area contributed by atoms with Crippen molar-refractivity contribution in [3.05, 3.63) is 107 Å². The predicted octanol–water partition coefficient (Wildman–Crippen LogP) is 5.83. The standard InChI is InChI=1S/C25H16ClF3N4O3/c26-19-13-15(31-23(34)18-5-1-4-8-22(18)36-25(27,28)29)9-10-17(19)24(35)32-14-16-11-12-30-33(16)21-7-3-2-6-20(21)32/h1-14,30H,(H,31,34). The van der Waals surface area contributed by atoms with Gasteiger partial charge in [-0.15, -0.1) is 13.2 Å². The molecule has 0 saturated carbocycles. The smallest absolute Gasteiger partial charge is 0.405 e. The van der Waals surface area contributed by atoms with Gasteiger partial charge < -0.3 is 15.5 Å². The van der Waals surface area contributed by atoms with Crippen LogP contribution in [-0.4, -0.2) is 18.2 Å². The van der Waals surface area contributed by atoms with E-state index in [1.807, 2.05) is 29.3 Å². The number of carbonyl (C=O) groups is 2. The van der Waals surface area contributed by atoms with Gasteiger partial charge in [-0.05, 0) is 48.5 Å². The van der Waals surface area contributed by atoms with Crippen LogP contribution in [0.25, 0.3) is 0 Å². The van der Waals surface area contributed by atoms with Crippen LogP contribution in [0, 0.1) is 0 Å². The zero-order valence-corrected chi connectivity index (χ0v) is 19.0. The Hall–Kier alpha value is -4.44. The number of carbonyl (C=O) groups excluding carboxylic acids is 2. The minimum absolute atomic E-state index is 0.0519. The Kier molecular flexibility index (Phi) is 5.81. The first kappa shape index (κ1) is 23.3. The van der Waals surface area contributed by atoms with E-state index in [1.165, 1.54) is 41.3 Å². The average Bonchev–Trinajstić information content (AvgIpc) is 3.32. The van der Waals surface area contributed by atoms with Crippen LogP contribution in [0.15, 0.2) is 90.9 Å². The number of amides is 2. The fourth-order valence-electron chi connectivity index (χ4n) is 3.84. The lowest BCUT2D eigenvalue weighted by molar-refractivity contribution is -0.274. The van der Waals surface area contributed by atoms with Gasteiger partial charge in [-0.3, -0.25) is 19.5 Å². The Morgan fingerprint density at radius 3 is 2.42 bits per heavy atom. The highest BCUT2D eigenvalue weighted by Gasteiger charge is 2.33. The van der Waals surface area contributed by atoms with Crippen molar-refractivity contribution in [2.75, 3.05) is 15.2 Å². The van der Waals surface area contributed by atoms with E-state index >= 15 is 0 Å². The zero-order valence-electron chi connectivity index (χ0n) is 18.2. The summed E-state index contributed by atoms with van der Waals surface area (Å²) >= 11 is 6.40. The Morgan fingerprint density at radius 2 is 1.67 bits per heavy atom. The first-order chi connectivity index (χ1) is 17.2. The van der Waals surface area contributed by atoms with E-state index in [0.29, 0.717) is 5.69 Å². The molecule has 0 bridgehead atoms. The topological polar surface area (TPSA) is 73.9 Å². The average molecular weight is 513 g/mol. The summed E-state index contributed by atoms with van der Waals surface area (Å²) in [4.78, 5) is 27.5. The quantitative estimate of drug-likeness (QED) is 0.460. The number of nitrogens with one attached hydrogen (secondary N) is 2. The first-order valence-electron chi connectivity index (χ1n) is 10.5. The van der Waals surface area contributed by atoms with E-state index < -0.39 is 23.9 Å². The summed E-state index contributed by atoms with van der Waals surface area (Å²) in [5.74, 6) is -1.87. The number of fused-ring (bicyclic) bond motifs is 3. The molecular formula is C25H16ClF3N4O3. The van der Waals surface area contributed by atoms with Gasteiger partial charge in [0.1, 0.15) is 5.75 Å². The molecule has 2 amide bonds. The van der Waals surface area contributed by atoms with Crippen molar-refractivity contribution < 1.29 is 27.5 Å². The van der Waals surface area contributed by atoms with Crippen molar-refractivity contribution >= 4 is 40.5 Å². The van der Waals surface area contributed by atoms with Crippen molar-refractivity contribution in [3.63, 3.8) is 0 Å². The van der Waals surface area contributed by atoms with E-state index in [9.17, 15) is 22.8 Å². The molecule has 0 atom stereocenters. The molecule has 0 radical (unpaired) electrons. The molecule has 3 aromatic carbocycles. The lowest BCUT2D eigenvalue weighted by atomic mass is 10.1. The molecule has 2 N–H and O–H groups in total. The number of para-hydroxylation sites is 3. The molecule has 0 aromatic heterocycles. The molecule has 0 unspecified atom stereocenters. The second-order valence-electron chi connectivity index (χ2n) is 7.71. The number of allylic oxidation sites excluding steroid dienone is 1. The van der Waals surface area contributed by atoms with Crippen LogP contribution < -0.4 is 25.4 Å². The third-order valence-electron chi connectivity index (χ3n) is 5.39. The highest BCUT2D eigenvalue weighted by Crippen LogP contribution is 2.38. The molecule has 2 aliphatic rings. The Morgan fingerprint density at radius 1 is 0.944 bits per heavy atom. The molecule has 5 rings (SSSR count). The summed E-state index contributed by atoms with van der Waals surface area (Å²) in [6, 6.07) is 16.5. The Labute approximate surface area is 208 Å². The SMILES string of the molecule is O=C(Nc1ccc(C(=O)N2C=C3C=CNN3c3ccccc32)c(Cl)c1)c1ccccc1OC(F)(F)F. The number of ether oxygens (including phenoxy) is 1. The van der Waals surface area contributed by atoms with E-state index in [-0.39, 0.29) is 21.8 Å². The third-order valence-corrected chi connectivity index (χ3v) is 5.71. The van der Waals surface area contributed by atoms with Crippen molar-refractivity contribution in [3.8, 4) is 5.75 Å². The van der Waals surface area contributed by atoms with E-state index in [1.54, 1.807) is 18.5 Å². The Balaban J connectivity index is 1.39. The van der Waals surface area contributed by atoms with Crippen LogP contribution in [0.2, 0.25) is 5.02 Å². The zero-order chi connectivity index (χ0) is 25.4. The second-order valence-corrected chi connectivity index (χ2v) is 8.12. The normalized spacial score (nSPS) is 13.9. The number of hydrazine groups is 1.